The number of nitrogens with zero attached hydrogens (tertiary/aromatic N) is 3. The van der Waals surface area contributed by atoms with E-state index < -0.39 is 5.97 Å². The van der Waals surface area contributed by atoms with Crippen molar-refractivity contribution in [3.8, 4) is 11.4 Å². The van der Waals surface area contributed by atoms with Gasteiger partial charge in [-0.15, -0.1) is 0 Å². The number of likely N-dealkylation sites (tertiary alicyclic amines) is 1. The van der Waals surface area contributed by atoms with Crippen LogP contribution in [-0.4, -0.2) is 51.4 Å². The molecule has 0 bridgehead atoms. The van der Waals surface area contributed by atoms with Gasteiger partial charge in [-0.2, -0.15) is 5.10 Å². The van der Waals surface area contributed by atoms with E-state index in [1.54, 1.807) is 15.8 Å². The van der Waals surface area contributed by atoms with Crippen LogP contribution in [0.15, 0.2) is 36.5 Å². The lowest BCUT2D eigenvalue weighted by atomic mass is 9.97. The monoisotopic (exact) mass is 357 g/mol. The summed E-state index contributed by atoms with van der Waals surface area (Å²) in [5, 5.41) is 13.6. The van der Waals surface area contributed by atoms with Gasteiger partial charge >= 0.3 is 5.97 Å². The molecule has 0 aliphatic carbocycles. The number of para-hydroxylation sites is 1. The van der Waals surface area contributed by atoms with E-state index in [0.717, 1.165) is 12.1 Å². The van der Waals surface area contributed by atoms with Crippen molar-refractivity contribution in [3.63, 3.8) is 0 Å². The number of carboxylic acids is 1. The van der Waals surface area contributed by atoms with E-state index in [2.05, 4.69) is 5.10 Å². The molecule has 1 N–H and O–H groups in total. The molecule has 26 heavy (non-hydrogen) atoms. The molecule has 1 fully saturated rings. The fourth-order valence-corrected chi connectivity index (χ4v) is 3.02. The second-order valence-corrected chi connectivity index (χ2v) is 6.38. The maximum absolute atomic E-state index is 12.9. The quantitative estimate of drug-likeness (QED) is 0.859. The molecular formula is C19H23N3O4. The molecule has 1 amide bonds. The molecule has 1 aliphatic heterocycles. The average molecular weight is 357 g/mol. The number of hydrogen-bond donors (Lipinski definition) is 1. The SMILES string of the molecule is CCCOc1cn(-c2ccccc2)nc1C(=O)N1CCC(C(=O)O)CC1. The minimum Gasteiger partial charge on any atom is -0.489 e. The van der Waals surface area contributed by atoms with Gasteiger partial charge < -0.3 is 14.7 Å². The van der Waals surface area contributed by atoms with Crippen LogP contribution in [0.25, 0.3) is 5.69 Å². The van der Waals surface area contributed by atoms with Gasteiger partial charge in [0.15, 0.2) is 11.4 Å². The first-order chi connectivity index (χ1) is 12.6. The van der Waals surface area contributed by atoms with Crippen LogP contribution in [0.1, 0.15) is 36.7 Å². The molecule has 2 heterocycles. The Hall–Kier alpha value is -2.83. The minimum atomic E-state index is -0.794. The van der Waals surface area contributed by atoms with E-state index in [-0.39, 0.29) is 17.5 Å². The number of hydrogen-bond acceptors (Lipinski definition) is 4. The van der Waals surface area contributed by atoms with Crippen molar-refractivity contribution in [2.24, 2.45) is 5.92 Å². The first kappa shape index (κ1) is 18.0. The number of amides is 1. The van der Waals surface area contributed by atoms with Crippen LogP contribution < -0.4 is 4.74 Å². The minimum absolute atomic E-state index is 0.213. The number of benzene rings is 1. The predicted octanol–water partition coefficient (Wildman–Crippen LogP) is 2.60. The molecular weight excluding hydrogens is 334 g/mol. The highest BCUT2D eigenvalue weighted by atomic mass is 16.5. The third-order valence-electron chi connectivity index (χ3n) is 4.50. The molecule has 0 saturated carbocycles. The second-order valence-electron chi connectivity index (χ2n) is 6.38. The first-order valence-electron chi connectivity index (χ1n) is 8.90. The lowest BCUT2D eigenvalue weighted by Gasteiger charge is -2.29. The number of piperidine rings is 1. The highest BCUT2D eigenvalue weighted by Crippen LogP contribution is 2.25. The summed E-state index contributed by atoms with van der Waals surface area (Å²) in [6, 6.07) is 9.54. The maximum Gasteiger partial charge on any atom is 0.306 e. The lowest BCUT2D eigenvalue weighted by Crippen LogP contribution is -2.40. The van der Waals surface area contributed by atoms with Crippen molar-refractivity contribution >= 4 is 11.9 Å². The summed E-state index contributed by atoms with van der Waals surface area (Å²) in [4.78, 5) is 25.7. The van der Waals surface area contributed by atoms with Crippen molar-refractivity contribution in [1.82, 2.24) is 14.7 Å². The van der Waals surface area contributed by atoms with Crippen LogP contribution in [-0.2, 0) is 4.79 Å². The summed E-state index contributed by atoms with van der Waals surface area (Å²) in [7, 11) is 0. The molecule has 1 aromatic carbocycles. The number of carbonyl (C=O) groups is 2. The highest BCUT2D eigenvalue weighted by molar-refractivity contribution is 5.95. The predicted molar refractivity (Wildman–Crippen MR) is 95.6 cm³/mol. The van der Waals surface area contributed by atoms with Crippen molar-refractivity contribution in [2.75, 3.05) is 19.7 Å². The molecule has 7 heteroatoms. The topological polar surface area (TPSA) is 84.7 Å². The largest absolute Gasteiger partial charge is 0.489 e. The molecule has 138 valence electrons. The van der Waals surface area contributed by atoms with Gasteiger partial charge in [0.25, 0.3) is 5.91 Å². The van der Waals surface area contributed by atoms with Crippen LogP contribution in [0, 0.1) is 5.92 Å². The fourth-order valence-electron chi connectivity index (χ4n) is 3.02. The Kier molecular flexibility index (Phi) is 5.55. The summed E-state index contributed by atoms with van der Waals surface area (Å²) >= 11 is 0. The number of aromatic nitrogens is 2. The van der Waals surface area contributed by atoms with E-state index in [1.165, 1.54) is 0 Å². The molecule has 0 radical (unpaired) electrons. The van der Waals surface area contributed by atoms with Gasteiger partial charge in [0.1, 0.15) is 0 Å². The number of rotatable bonds is 6. The Balaban J connectivity index is 1.82. The standard InChI is InChI=1S/C19H23N3O4/c1-2-12-26-16-13-22(15-6-4-3-5-7-15)20-17(16)18(23)21-10-8-14(9-11-21)19(24)25/h3-7,13-14H,2,8-12H2,1H3,(H,24,25). The van der Waals surface area contributed by atoms with Crippen LogP contribution in [0.2, 0.25) is 0 Å². The molecule has 1 saturated heterocycles. The summed E-state index contributed by atoms with van der Waals surface area (Å²) < 4.78 is 7.38. The van der Waals surface area contributed by atoms with Crippen LogP contribution in [0.4, 0.5) is 0 Å². The second kappa shape index (κ2) is 8.03. The first-order valence-corrected chi connectivity index (χ1v) is 8.90. The van der Waals surface area contributed by atoms with Gasteiger partial charge in [-0.1, -0.05) is 25.1 Å². The number of aliphatic carboxylic acids is 1. The number of carbonyl (C=O) groups excluding carboxylic acids is 1. The third kappa shape index (κ3) is 3.87. The van der Waals surface area contributed by atoms with Gasteiger partial charge in [-0.3, -0.25) is 9.59 Å². The fraction of sp³-hybridized carbons (Fsp3) is 0.421. The van der Waals surface area contributed by atoms with Crippen molar-refractivity contribution in [3.05, 3.63) is 42.2 Å². The molecule has 0 atom stereocenters. The smallest absolute Gasteiger partial charge is 0.306 e. The lowest BCUT2D eigenvalue weighted by molar-refractivity contribution is -0.143. The van der Waals surface area contributed by atoms with Crippen molar-refractivity contribution in [1.29, 1.82) is 0 Å². The van der Waals surface area contributed by atoms with Gasteiger partial charge in [0, 0.05) is 13.1 Å². The Morgan fingerprint density at radius 3 is 2.54 bits per heavy atom. The Morgan fingerprint density at radius 2 is 1.92 bits per heavy atom. The van der Waals surface area contributed by atoms with E-state index in [1.807, 2.05) is 37.3 Å². The molecule has 0 unspecified atom stereocenters. The van der Waals surface area contributed by atoms with Crippen LogP contribution in [0.5, 0.6) is 5.75 Å². The number of carboxylic acid groups (broad SMARTS) is 1. The van der Waals surface area contributed by atoms with Gasteiger partial charge in [0.05, 0.1) is 24.4 Å². The van der Waals surface area contributed by atoms with Gasteiger partial charge in [-0.05, 0) is 31.4 Å². The van der Waals surface area contributed by atoms with E-state index in [4.69, 9.17) is 9.84 Å². The summed E-state index contributed by atoms with van der Waals surface area (Å²) in [5.41, 5.74) is 1.12. The van der Waals surface area contributed by atoms with Gasteiger partial charge in [0.2, 0.25) is 0 Å². The normalized spacial score (nSPS) is 15.0. The average Bonchev–Trinajstić information content (AvgIpc) is 3.10. The maximum atomic E-state index is 12.9. The molecule has 2 aromatic rings. The Labute approximate surface area is 152 Å². The zero-order valence-electron chi connectivity index (χ0n) is 14.8. The zero-order chi connectivity index (χ0) is 18.5. The summed E-state index contributed by atoms with van der Waals surface area (Å²) in [6.45, 7) is 3.34. The Morgan fingerprint density at radius 1 is 1.23 bits per heavy atom. The van der Waals surface area contributed by atoms with Crippen molar-refractivity contribution < 1.29 is 19.4 Å². The van der Waals surface area contributed by atoms with E-state index in [9.17, 15) is 9.59 Å². The van der Waals surface area contributed by atoms with Crippen molar-refractivity contribution in [2.45, 2.75) is 26.2 Å². The van der Waals surface area contributed by atoms with E-state index >= 15 is 0 Å². The zero-order valence-corrected chi connectivity index (χ0v) is 14.8. The highest BCUT2D eigenvalue weighted by Gasteiger charge is 2.30. The molecule has 7 nitrogen and oxygen atoms in total. The van der Waals surface area contributed by atoms with Crippen LogP contribution in [0.3, 0.4) is 0 Å². The third-order valence-corrected chi connectivity index (χ3v) is 4.50. The van der Waals surface area contributed by atoms with Crippen LogP contribution >= 0.6 is 0 Å². The summed E-state index contributed by atoms with van der Waals surface area (Å²) in [5.74, 6) is -0.926. The molecule has 0 spiro atoms. The molecule has 1 aliphatic rings. The summed E-state index contributed by atoms with van der Waals surface area (Å²) in [6.07, 6.45) is 3.48. The number of ether oxygens (including phenoxy) is 1. The molecule has 3 rings (SSSR count). The Bertz CT molecular complexity index is 764. The van der Waals surface area contributed by atoms with E-state index in [0.29, 0.717) is 38.3 Å². The van der Waals surface area contributed by atoms with Gasteiger partial charge in [-0.25, -0.2) is 4.68 Å². The molecule has 1 aromatic heterocycles.